The zero-order valence-corrected chi connectivity index (χ0v) is 13.1. The number of nitrogens with one attached hydrogen (secondary N) is 2. The molecule has 0 fully saturated rings. The number of pyridine rings is 1. The van der Waals surface area contributed by atoms with E-state index in [1.807, 2.05) is 18.2 Å². The van der Waals surface area contributed by atoms with Crippen molar-refractivity contribution in [2.45, 2.75) is 12.8 Å². The smallest absolute Gasteiger partial charge is 0.274 e. The molecule has 1 heterocycles. The topological polar surface area (TPSA) is 80.3 Å². The lowest BCUT2D eigenvalue weighted by atomic mass is 10.1. The van der Waals surface area contributed by atoms with Gasteiger partial charge in [0.15, 0.2) is 0 Å². The lowest BCUT2D eigenvalue weighted by Crippen LogP contribution is -2.18. The molecule has 1 aromatic heterocycles. The summed E-state index contributed by atoms with van der Waals surface area (Å²) < 4.78 is 5.01. The highest BCUT2D eigenvalue weighted by atomic mass is 16.5. The molecule has 2 amide bonds. The summed E-state index contributed by atoms with van der Waals surface area (Å²) in [4.78, 5) is 27.5. The van der Waals surface area contributed by atoms with Gasteiger partial charge in [0.1, 0.15) is 11.4 Å². The molecule has 2 rings (SSSR count). The quantitative estimate of drug-likeness (QED) is 0.855. The summed E-state index contributed by atoms with van der Waals surface area (Å²) >= 11 is 0. The number of aromatic nitrogens is 1. The van der Waals surface area contributed by atoms with E-state index in [4.69, 9.17) is 4.74 Å². The van der Waals surface area contributed by atoms with Crippen molar-refractivity contribution in [1.29, 1.82) is 0 Å². The number of ether oxygens (including phenoxy) is 1. The second kappa shape index (κ2) is 7.93. The van der Waals surface area contributed by atoms with Gasteiger partial charge in [-0.3, -0.25) is 9.59 Å². The van der Waals surface area contributed by atoms with Crippen LogP contribution in [0, 0.1) is 0 Å². The third-order valence-corrected chi connectivity index (χ3v) is 3.31. The Kier molecular flexibility index (Phi) is 5.68. The van der Waals surface area contributed by atoms with Crippen LogP contribution in [0.25, 0.3) is 0 Å². The van der Waals surface area contributed by atoms with E-state index in [2.05, 4.69) is 15.6 Å². The van der Waals surface area contributed by atoms with Crippen LogP contribution in [0.3, 0.4) is 0 Å². The molecule has 120 valence electrons. The zero-order valence-electron chi connectivity index (χ0n) is 13.1. The first-order chi connectivity index (χ1) is 11.1. The van der Waals surface area contributed by atoms with Crippen molar-refractivity contribution in [3.05, 3.63) is 53.9 Å². The molecule has 0 atom stereocenters. The predicted octanol–water partition coefficient (Wildman–Crippen LogP) is 2.02. The standard InChI is InChI=1S/C17H19N3O3/c1-18-16(21)9-6-12-4-3-5-13(10-12)20-17(22)15-8-7-14(23-2)11-19-15/h3-5,7-8,10-11H,6,9H2,1-2H3,(H,18,21)(H,20,22). The number of rotatable bonds is 6. The van der Waals surface area contributed by atoms with Crippen LogP contribution in [-0.2, 0) is 11.2 Å². The highest BCUT2D eigenvalue weighted by molar-refractivity contribution is 6.02. The number of benzene rings is 1. The van der Waals surface area contributed by atoms with Crippen LogP contribution in [0.1, 0.15) is 22.5 Å². The highest BCUT2D eigenvalue weighted by Gasteiger charge is 2.08. The minimum absolute atomic E-state index is 0.0122. The Morgan fingerprint density at radius 2 is 2.04 bits per heavy atom. The van der Waals surface area contributed by atoms with Gasteiger partial charge in [-0.2, -0.15) is 0 Å². The number of anilines is 1. The van der Waals surface area contributed by atoms with Crippen LogP contribution in [-0.4, -0.2) is 31.0 Å². The molecule has 0 spiro atoms. The number of nitrogens with zero attached hydrogens (tertiary/aromatic N) is 1. The molecule has 0 aliphatic heterocycles. The van der Waals surface area contributed by atoms with E-state index in [-0.39, 0.29) is 11.8 Å². The van der Waals surface area contributed by atoms with Gasteiger partial charge in [0.05, 0.1) is 13.3 Å². The Morgan fingerprint density at radius 1 is 1.22 bits per heavy atom. The van der Waals surface area contributed by atoms with E-state index in [9.17, 15) is 9.59 Å². The fourth-order valence-electron chi connectivity index (χ4n) is 2.02. The van der Waals surface area contributed by atoms with Gasteiger partial charge in [-0.15, -0.1) is 0 Å². The van der Waals surface area contributed by atoms with Crippen molar-refractivity contribution in [2.24, 2.45) is 0 Å². The lowest BCUT2D eigenvalue weighted by molar-refractivity contribution is -0.120. The molecule has 0 radical (unpaired) electrons. The van der Waals surface area contributed by atoms with Gasteiger partial charge < -0.3 is 15.4 Å². The maximum absolute atomic E-state index is 12.2. The second-order valence-electron chi connectivity index (χ2n) is 4.91. The van der Waals surface area contributed by atoms with E-state index in [1.165, 1.54) is 6.20 Å². The molecular weight excluding hydrogens is 294 g/mol. The molecule has 0 bridgehead atoms. The Labute approximate surface area is 134 Å². The Morgan fingerprint density at radius 3 is 2.70 bits per heavy atom. The van der Waals surface area contributed by atoms with Gasteiger partial charge in [-0.1, -0.05) is 12.1 Å². The van der Waals surface area contributed by atoms with E-state index in [0.29, 0.717) is 30.0 Å². The number of carbonyl (C=O) groups is 2. The van der Waals surface area contributed by atoms with Crippen LogP contribution >= 0.6 is 0 Å². The van der Waals surface area contributed by atoms with Crippen LogP contribution in [0.15, 0.2) is 42.6 Å². The average Bonchev–Trinajstić information content (AvgIpc) is 2.60. The molecule has 6 heteroatoms. The number of aryl methyl sites for hydroxylation is 1. The highest BCUT2D eigenvalue weighted by Crippen LogP contribution is 2.14. The van der Waals surface area contributed by atoms with Crippen molar-refractivity contribution in [3.8, 4) is 5.75 Å². The number of hydrogen-bond donors (Lipinski definition) is 2. The third kappa shape index (κ3) is 4.81. The van der Waals surface area contributed by atoms with Crippen LogP contribution in [0.2, 0.25) is 0 Å². The van der Waals surface area contributed by atoms with Crippen molar-refractivity contribution >= 4 is 17.5 Å². The molecule has 6 nitrogen and oxygen atoms in total. The normalized spacial score (nSPS) is 10.0. The molecule has 0 unspecified atom stereocenters. The summed E-state index contributed by atoms with van der Waals surface area (Å²) in [6, 6.07) is 10.7. The van der Waals surface area contributed by atoms with Crippen LogP contribution in [0.5, 0.6) is 5.75 Å². The molecular formula is C17H19N3O3. The SMILES string of the molecule is CNC(=O)CCc1cccc(NC(=O)c2ccc(OC)cn2)c1. The first-order valence-corrected chi connectivity index (χ1v) is 7.23. The summed E-state index contributed by atoms with van der Waals surface area (Å²) in [6.07, 6.45) is 2.52. The second-order valence-corrected chi connectivity index (χ2v) is 4.91. The summed E-state index contributed by atoms with van der Waals surface area (Å²) in [7, 11) is 3.15. The average molecular weight is 313 g/mol. The van der Waals surface area contributed by atoms with Crippen molar-refractivity contribution < 1.29 is 14.3 Å². The zero-order chi connectivity index (χ0) is 16.7. The van der Waals surface area contributed by atoms with Gasteiger partial charge in [0.25, 0.3) is 5.91 Å². The van der Waals surface area contributed by atoms with Crippen molar-refractivity contribution in [3.63, 3.8) is 0 Å². The predicted molar refractivity (Wildman–Crippen MR) is 87.6 cm³/mol. The van der Waals surface area contributed by atoms with E-state index >= 15 is 0 Å². The molecule has 0 aliphatic carbocycles. The van der Waals surface area contributed by atoms with Crippen molar-refractivity contribution in [2.75, 3.05) is 19.5 Å². The van der Waals surface area contributed by atoms with Gasteiger partial charge >= 0.3 is 0 Å². The maximum atomic E-state index is 12.2. The molecule has 0 saturated carbocycles. The number of amides is 2. The maximum Gasteiger partial charge on any atom is 0.274 e. The van der Waals surface area contributed by atoms with Crippen molar-refractivity contribution in [1.82, 2.24) is 10.3 Å². The number of carbonyl (C=O) groups excluding carboxylic acids is 2. The largest absolute Gasteiger partial charge is 0.495 e. The first-order valence-electron chi connectivity index (χ1n) is 7.23. The Hall–Kier alpha value is -2.89. The van der Waals surface area contributed by atoms with E-state index < -0.39 is 0 Å². The monoisotopic (exact) mass is 313 g/mol. The summed E-state index contributed by atoms with van der Waals surface area (Å²) in [5.74, 6) is 0.288. The molecule has 2 aromatic rings. The molecule has 23 heavy (non-hydrogen) atoms. The first kappa shape index (κ1) is 16.5. The Bertz CT molecular complexity index is 684. The molecule has 0 saturated heterocycles. The fraction of sp³-hybridized carbons (Fsp3) is 0.235. The van der Waals surface area contributed by atoms with Gasteiger partial charge in [-0.25, -0.2) is 4.98 Å². The van der Waals surface area contributed by atoms with Gasteiger partial charge in [0.2, 0.25) is 5.91 Å². The van der Waals surface area contributed by atoms with Crippen LogP contribution < -0.4 is 15.4 Å². The minimum atomic E-state index is -0.295. The summed E-state index contributed by atoms with van der Waals surface area (Å²) in [5.41, 5.74) is 1.96. The number of methoxy groups -OCH3 is 1. The summed E-state index contributed by atoms with van der Waals surface area (Å²) in [5, 5.41) is 5.38. The fourth-order valence-corrected chi connectivity index (χ4v) is 2.02. The Balaban J connectivity index is 2.01. The van der Waals surface area contributed by atoms with E-state index in [1.54, 1.807) is 32.4 Å². The third-order valence-electron chi connectivity index (χ3n) is 3.31. The van der Waals surface area contributed by atoms with Gasteiger partial charge in [0, 0.05) is 19.2 Å². The number of hydrogen-bond acceptors (Lipinski definition) is 4. The van der Waals surface area contributed by atoms with E-state index in [0.717, 1.165) is 5.56 Å². The minimum Gasteiger partial charge on any atom is -0.495 e. The lowest BCUT2D eigenvalue weighted by Gasteiger charge is -2.07. The van der Waals surface area contributed by atoms with Gasteiger partial charge in [-0.05, 0) is 36.2 Å². The molecule has 0 aliphatic rings. The van der Waals surface area contributed by atoms with Crippen LogP contribution in [0.4, 0.5) is 5.69 Å². The molecule has 1 aromatic carbocycles. The summed E-state index contributed by atoms with van der Waals surface area (Å²) in [6.45, 7) is 0. The molecule has 2 N–H and O–H groups in total.